The summed E-state index contributed by atoms with van der Waals surface area (Å²) in [5.74, 6) is -1.17. The number of rotatable bonds is 3. The highest BCUT2D eigenvalue weighted by Crippen LogP contribution is 2.18. The van der Waals surface area contributed by atoms with Gasteiger partial charge in [0, 0.05) is 24.2 Å². The first kappa shape index (κ1) is 14.6. The molecule has 1 fully saturated rings. The fourth-order valence-corrected chi connectivity index (χ4v) is 2.32. The normalized spacial score (nSPS) is 16.6. The van der Waals surface area contributed by atoms with E-state index in [2.05, 4.69) is 0 Å². The van der Waals surface area contributed by atoms with Crippen LogP contribution in [-0.2, 0) is 9.59 Å². The summed E-state index contributed by atoms with van der Waals surface area (Å²) in [6, 6.07) is 7.21. The second-order valence-corrected chi connectivity index (χ2v) is 5.26. The number of carbonyl (C=O) groups excluding carboxylic acids is 1. The molecule has 0 aromatic heterocycles. The Kier molecular flexibility index (Phi) is 4.79. The molecule has 1 aromatic rings. The smallest absolute Gasteiger partial charge is 0.306 e. The monoisotopic (exact) mass is 293 g/mol. The Hall–Kier alpha value is -1.81. The topological polar surface area (TPSA) is 57.6 Å². The van der Waals surface area contributed by atoms with Gasteiger partial charge in [-0.1, -0.05) is 23.7 Å². The lowest BCUT2D eigenvalue weighted by molar-refractivity contribution is -0.144. The van der Waals surface area contributed by atoms with Gasteiger partial charge in [0.15, 0.2) is 0 Å². The summed E-state index contributed by atoms with van der Waals surface area (Å²) in [5, 5.41) is 9.57. The summed E-state index contributed by atoms with van der Waals surface area (Å²) in [4.78, 5) is 24.5. The molecular formula is C15H16ClNO3. The molecule has 1 heterocycles. The first-order valence-corrected chi connectivity index (χ1v) is 6.89. The Bertz CT molecular complexity index is 516. The van der Waals surface area contributed by atoms with E-state index in [0.29, 0.717) is 31.0 Å². The van der Waals surface area contributed by atoms with Gasteiger partial charge in [-0.3, -0.25) is 9.59 Å². The first-order chi connectivity index (χ1) is 9.56. The minimum atomic E-state index is -0.770. The van der Waals surface area contributed by atoms with Gasteiger partial charge in [0.2, 0.25) is 5.91 Å². The first-order valence-electron chi connectivity index (χ1n) is 6.51. The summed E-state index contributed by atoms with van der Waals surface area (Å²) in [6.45, 7) is 1.00. The van der Waals surface area contributed by atoms with Crippen molar-refractivity contribution in [3.63, 3.8) is 0 Å². The molecule has 0 radical (unpaired) electrons. The van der Waals surface area contributed by atoms with Crippen LogP contribution in [0.5, 0.6) is 0 Å². The van der Waals surface area contributed by atoms with Gasteiger partial charge in [0.25, 0.3) is 0 Å². The Balaban J connectivity index is 1.89. The molecule has 1 aliphatic rings. The van der Waals surface area contributed by atoms with Crippen LogP contribution in [0.15, 0.2) is 30.3 Å². The number of amides is 1. The molecule has 0 bridgehead atoms. The molecular weight excluding hydrogens is 278 g/mol. The number of hydrogen-bond donors (Lipinski definition) is 1. The van der Waals surface area contributed by atoms with Crippen LogP contribution in [0.3, 0.4) is 0 Å². The number of likely N-dealkylation sites (tertiary alicyclic amines) is 1. The van der Waals surface area contributed by atoms with Crippen molar-refractivity contribution in [2.24, 2.45) is 5.92 Å². The van der Waals surface area contributed by atoms with Crippen molar-refractivity contribution in [1.29, 1.82) is 0 Å². The Morgan fingerprint density at radius 2 is 1.80 bits per heavy atom. The van der Waals surface area contributed by atoms with E-state index in [4.69, 9.17) is 16.7 Å². The van der Waals surface area contributed by atoms with Crippen molar-refractivity contribution in [2.75, 3.05) is 13.1 Å². The summed E-state index contributed by atoms with van der Waals surface area (Å²) in [6.07, 6.45) is 4.30. The number of nitrogens with zero attached hydrogens (tertiary/aromatic N) is 1. The molecule has 0 unspecified atom stereocenters. The maximum Gasteiger partial charge on any atom is 0.306 e. The molecule has 5 heteroatoms. The van der Waals surface area contributed by atoms with Gasteiger partial charge in [0.05, 0.1) is 5.92 Å². The molecule has 1 aliphatic heterocycles. The summed E-state index contributed by atoms with van der Waals surface area (Å²) >= 11 is 5.79. The quantitative estimate of drug-likeness (QED) is 0.872. The number of aliphatic carboxylic acids is 1. The average molecular weight is 294 g/mol. The third-order valence-corrected chi connectivity index (χ3v) is 3.70. The zero-order valence-electron chi connectivity index (χ0n) is 11.0. The fourth-order valence-electron chi connectivity index (χ4n) is 2.19. The molecule has 1 saturated heterocycles. The third kappa shape index (κ3) is 3.84. The minimum Gasteiger partial charge on any atom is -0.481 e. The lowest BCUT2D eigenvalue weighted by Gasteiger charge is -2.29. The van der Waals surface area contributed by atoms with Crippen molar-refractivity contribution in [3.8, 4) is 0 Å². The van der Waals surface area contributed by atoms with Crippen molar-refractivity contribution < 1.29 is 14.7 Å². The Labute approximate surface area is 122 Å². The van der Waals surface area contributed by atoms with Gasteiger partial charge in [-0.2, -0.15) is 0 Å². The van der Waals surface area contributed by atoms with Crippen LogP contribution >= 0.6 is 11.6 Å². The Morgan fingerprint density at radius 3 is 2.35 bits per heavy atom. The molecule has 1 N–H and O–H groups in total. The molecule has 2 rings (SSSR count). The zero-order valence-corrected chi connectivity index (χ0v) is 11.7. The van der Waals surface area contributed by atoms with Crippen LogP contribution in [0, 0.1) is 5.92 Å². The van der Waals surface area contributed by atoms with E-state index in [1.54, 1.807) is 23.1 Å². The van der Waals surface area contributed by atoms with Gasteiger partial charge in [-0.05, 0) is 36.6 Å². The van der Waals surface area contributed by atoms with Gasteiger partial charge >= 0.3 is 5.97 Å². The van der Waals surface area contributed by atoms with Gasteiger partial charge < -0.3 is 10.0 Å². The van der Waals surface area contributed by atoms with Crippen molar-refractivity contribution in [3.05, 3.63) is 40.9 Å². The third-order valence-electron chi connectivity index (χ3n) is 3.44. The predicted octanol–water partition coefficient (Wildman–Crippen LogP) is 2.68. The SMILES string of the molecule is O=C(O)C1CCN(C(=O)/C=C\c2ccc(Cl)cc2)CC1. The Morgan fingerprint density at radius 1 is 1.20 bits per heavy atom. The highest BCUT2D eigenvalue weighted by Gasteiger charge is 2.25. The van der Waals surface area contributed by atoms with Crippen LogP contribution in [0.25, 0.3) is 6.08 Å². The van der Waals surface area contributed by atoms with E-state index >= 15 is 0 Å². The van der Waals surface area contributed by atoms with Crippen molar-refractivity contribution >= 4 is 29.6 Å². The second kappa shape index (κ2) is 6.57. The second-order valence-electron chi connectivity index (χ2n) is 4.82. The largest absolute Gasteiger partial charge is 0.481 e. The lowest BCUT2D eigenvalue weighted by Crippen LogP contribution is -2.39. The highest BCUT2D eigenvalue weighted by atomic mass is 35.5. The molecule has 1 amide bonds. The maximum atomic E-state index is 12.0. The molecule has 106 valence electrons. The van der Waals surface area contributed by atoms with Crippen molar-refractivity contribution in [2.45, 2.75) is 12.8 Å². The molecule has 0 saturated carbocycles. The van der Waals surface area contributed by atoms with Crippen LogP contribution in [0.4, 0.5) is 0 Å². The van der Waals surface area contributed by atoms with E-state index in [1.165, 1.54) is 6.08 Å². The van der Waals surface area contributed by atoms with E-state index < -0.39 is 5.97 Å². The zero-order chi connectivity index (χ0) is 14.5. The molecule has 1 aromatic carbocycles. The van der Waals surface area contributed by atoms with E-state index in [-0.39, 0.29) is 11.8 Å². The number of carbonyl (C=O) groups is 2. The number of piperidine rings is 1. The van der Waals surface area contributed by atoms with Crippen LogP contribution in [0.2, 0.25) is 5.02 Å². The summed E-state index contributed by atoms with van der Waals surface area (Å²) < 4.78 is 0. The van der Waals surface area contributed by atoms with Crippen LogP contribution in [0.1, 0.15) is 18.4 Å². The van der Waals surface area contributed by atoms with Crippen LogP contribution in [-0.4, -0.2) is 35.0 Å². The standard InChI is InChI=1S/C15H16ClNO3/c16-13-4-1-11(2-5-13)3-6-14(18)17-9-7-12(8-10-17)15(19)20/h1-6,12H,7-10H2,(H,19,20)/b6-3-. The van der Waals surface area contributed by atoms with Gasteiger partial charge in [-0.15, -0.1) is 0 Å². The van der Waals surface area contributed by atoms with E-state index in [1.807, 2.05) is 12.1 Å². The van der Waals surface area contributed by atoms with Crippen LogP contribution < -0.4 is 0 Å². The number of carboxylic acids is 1. The maximum absolute atomic E-state index is 12.0. The minimum absolute atomic E-state index is 0.0798. The number of hydrogen-bond acceptors (Lipinski definition) is 2. The van der Waals surface area contributed by atoms with E-state index in [9.17, 15) is 9.59 Å². The molecule has 0 aliphatic carbocycles. The predicted molar refractivity (Wildman–Crippen MR) is 77.4 cm³/mol. The lowest BCUT2D eigenvalue weighted by atomic mass is 9.97. The average Bonchev–Trinajstić information content (AvgIpc) is 2.46. The number of halogens is 1. The van der Waals surface area contributed by atoms with Gasteiger partial charge in [0.1, 0.15) is 0 Å². The number of benzene rings is 1. The molecule has 0 spiro atoms. The summed E-state index contributed by atoms with van der Waals surface area (Å²) in [7, 11) is 0. The highest BCUT2D eigenvalue weighted by molar-refractivity contribution is 6.30. The van der Waals surface area contributed by atoms with Gasteiger partial charge in [-0.25, -0.2) is 0 Å². The van der Waals surface area contributed by atoms with E-state index in [0.717, 1.165) is 5.56 Å². The molecule has 0 atom stereocenters. The molecule has 4 nitrogen and oxygen atoms in total. The summed E-state index contributed by atoms with van der Waals surface area (Å²) in [5.41, 5.74) is 0.906. The fraction of sp³-hybridized carbons (Fsp3) is 0.333. The van der Waals surface area contributed by atoms with Crippen molar-refractivity contribution in [1.82, 2.24) is 4.90 Å². The molecule has 20 heavy (non-hydrogen) atoms. The number of carboxylic acid groups (broad SMARTS) is 1.